The quantitative estimate of drug-likeness (QED) is 0.459. The van der Waals surface area contributed by atoms with E-state index in [0.717, 1.165) is 17.5 Å². The van der Waals surface area contributed by atoms with Gasteiger partial charge in [-0.15, -0.1) is 0 Å². The van der Waals surface area contributed by atoms with E-state index in [2.05, 4.69) is 36.4 Å². The summed E-state index contributed by atoms with van der Waals surface area (Å²) in [4.78, 5) is 31.2. The highest BCUT2D eigenvalue weighted by Gasteiger charge is 2.51. The lowest BCUT2D eigenvalue weighted by atomic mass is 9.74. The number of hydrogen-bond donors (Lipinski definition) is 0. The number of rotatable bonds is 6. The Labute approximate surface area is 222 Å². The van der Waals surface area contributed by atoms with Crippen molar-refractivity contribution in [1.82, 2.24) is 9.80 Å². The number of hydrogen-bond acceptors (Lipinski definition) is 6. The van der Waals surface area contributed by atoms with Crippen molar-refractivity contribution in [2.75, 3.05) is 27.5 Å². The fourth-order valence-corrected chi connectivity index (χ4v) is 6.54. The third-order valence-electron chi connectivity index (χ3n) is 8.15. The van der Waals surface area contributed by atoms with Crippen LogP contribution in [-0.2, 0) is 27.3 Å². The summed E-state index contributed by atoms with van der Waals surface area (Å²) in [7, 11) is 3.34. The predicted molar refractivity (Wildman–Crippen MR) is 142 cm³/mol. The van der Waals surface area contributed by atoms with Gasteiger partial charge in [0.05, 0.1) is 19.7 Å². The number of carbonyl (C=O) groups excluding carboxylic acids is 2. The molecular formula is C31H32N2O5. The summed E-state index contributed by atoms with van der Waals surface area (Å²) in [6.45, 7) is 1.00. The van der Waals surface area contributed by atoms with Gasteiger partial charge >= 0.3 is 5.97 Å². The van der Waals surface area contributed by atoms with Crippen molar-refractivity contribution in [2.24, 2.45) is 5.92 Å². The van der Waals surface area contributed by atoms with Crippen molar-refractivity contribution >= 4 is 11.9 Å². The van der Waals surface area contributed by atoms with Crippen LogP contribution in [0.25, 0.3) is 0 Å². The minimum atomic E-state index is -0.680. The summed E-state index contributed by atoms with van der Waals surface area (Å²) in [5, 5.41) is 0. The topological polar surface area (TPSA) is 68.3 Å². The van der Waals surface area contributed by atoms with E-state index in [1.54, 1.807) is 4.90 Å². The lowest BCUT2D eigenvalue weighted by Crippen LogP contribution is -2.56. The molecule has 0 saturated carbocycles. The van der Waals surface area contributed by atoms with Crippen molar-refractivity contribution in [3.63, 3.8) is 0 Å². The number of nitrogens with zero attached hydrogens (tertiary/aromatic N) is 2. The fraction of sp³-hybridized carbons (Fsp3) is 0.355. The van der Waals surface area contributed by atoms with Crippen molar-refractivity contribution < 1.29 is 23.8 Å². The monoisotopic (exact) mass is 512 g/mol. The number of amides is 1. The van der Waals surface area contributed by atoms with Gasteiger partial charge in [0.15, 0.2) is 11.5 Å². The van der Waals surface area contributed by atoms with E-state index in [0.29, 0.717) is 24.5 Å². The number of methoxy groups -OCH3 is 1. The summed E-state index contributed by atoms with van der Waals surface area (Å²) in [5.41, 5.74) is 4.63. The molecule has 196 valence electrons. The Balaban J connectivity index is 1.38. The minimum Gasteiger partial charge on any atom is -0.467 e. The van der Waals surface area contributed by atoms with E-state index >= 15 is 0 Å². The highest BCUT2D eigenvalue weighted by molar-refractivity contribution is 5.86. The molecule has 7 nitrogen and oxygen atoms in total. The zero-order valence-corrected chi connectivity index (χ0v) is 21.7. The highest BCUT2D eigenvalue weighted by Crippen LogP contribution is 2.54. The Hall–Kier alpha value is -3.84. The molecule has 2 heterocycles. The van der Waals surface area contributed by atoms with E-state index in [9.17, 15) is 9.59 Å². The number of likely N-dealkylation sites (tertiary alicyclic amines) is 1. The number of fused-ring (bicyclic) bond motifs is 4. The lowest BCUT2D eigenvalue weighted by Gasteiger charge is -2.47. The highest BCUT2D eigenvalue weighted by atomic mass is 16.7. The molecular weight excluding hydrogens is 480 g/mol. The van der Waals surface area contributed by atoms with Crippen LogP contribution in [0.3, 0.4) is 0 Å². The van der Waals surface area contributed by atoms with Gasteiger partial charge in [0.25, 0.3) is 0 Å². The number of carbonyl (C=O) groups is 2. The first kappa shape index (κ1) is 24.5. The van der Waals surface area contributed by atoms with Crippen LogP contribution in [0, 0.1) is 5.92 Å². The molecule has 3 aliphatic rings. The second kappa shape index (κ2) is 10.1. The number of ether oxygens (including phenoxy) is 3. The lowest BCUT2D eigenvalue weighted by molar-refractivity contribution is -0.160. The maximum Gasteiger partial charge on any atom is 0.328 e. The Bertz CT molecular complexity index is 1340. The van der Waals surface area contributed by atoms with Gasteiger partial charge in [0, 0.05) is 6.54 Å². The Morgan fingerprint density at radius 3 is 2.58 bits per heavy atom. The van der Waals surface area contributed by atoms with E-state index in [1.807, 2.05) is 48.3 Å². The SMILES string of the molecule is COC(=O)[C@H]1CC2c3ccccc3CC2[C@@H](c2ccc3c(c2)OCO3)N1C(=O)CN(C)Cc1ccccc1. The summed E-state index contributed by atoms with van der Waals surface area (Å²) >= 11 is 0. The van der Waals surface area contributed by atoms with Gasteiger partial charge in [0.1, 0.15) is 6.04 Å². The van der Waals surface area contributed by atoms with Gasteiger partial charge in [-0.1, -0.05) is 60.7 Å². The van der Waals surface area contributed by atoms with Gasteiger partial charge in [-0.05, 0) is 66.1 Å². The molecule has 0 aromatic heterocycles. The van der Waals surface area contributed by atoms with Crippen LogP contribution in [0.5, 0.6) is 11.5 Å². The van der Waals surface area contributed by atoms with Crippen molar-refractivity contribution in [3.05, 3.63) is 95.1 Å². The molecule has 7 heteroatoms. The van der Waals surface area contributed by atoms with E-state index in [4.69, 9.17) is 14.2 Å². The van der Waals surface area contributed by atoms with E-state index in [-0.39, 0.29) is 43.1 Å². The first-order chi connectivity index (χ1) is 18.5. The molecule has 0 spiro atoms. The number of piperidine rings is 1. The van der Waals surface area contributed by atoms with Gasteiger partial charge < -0.3 is 19.1 Å². The largest absolute Gasteiger partial charge is 0.467 e. The maximum absolute atomic E-state index is 14.1. The number of benzene rings is 3. The molecule has 1 fully saturated rings. The Morgan fingerprint density at radius 1 is 1.00 bits per heavy atom. The van der Waals surface area contributed by atoms with Gasteiger partial charge in [-0.2, -0.15) is 0 Å². The zero-order chi connectivity index (χ0) is 26.2. The second-order valence-corrected chi connectivity index (χ2v) is 10.5. The summed E-state index contributed by atoms with van der Waals surface area (Å²) in [5.74, 6) is 1.19. The molecule has 1 aliphatic carbocycles. The molecule has 4 atom stereocenters. The maximum atomic E-state index is 14.1. The predicted octanol–water partition coefficient (Wildman–Crippen LogP) is 4.32. The Morgan fingerprint density at radius 2 is 1.76 bits per heavy atom. The standard InChI is InChI=1S/C31H32N2O5/c1-32(17-20-8-4-3-5-9-20)18-29(34)33-26(31(35)36-2)16-24-23-11-7-6-10-21(23)14-25(24)30(33)22-12-13-27-28(15-22)38-19-37-27/h3-13,15,24-26,30H,14,16-19H2,1-2H3/t24?,25?,26-,30-/m1/s1. The normalized spacial score (nSPS) is 23.2. The van der Waals surface area contributed by atoms with Crippen LogP contribution >= 0.6 is 0 Å². The van der Waals surface area contributed by atoms with Gasteiger partial charge in [0.2, 0.25) is 12.7 Å². The molecule has 3 aromatic carbocycles. The Kier molecular flexibility index (Phi) is 6.54. The summed E-state index contributed by atoms with van der Waals surface area (Å²) < 4.78 is 16.5. The zero-order valence-electron chi connectivity index (χ0n) is 21.7. The average molecular weight is 513 g/mol. The number of esters is 1. The first-order valence-corrected chi connectivity index (χ1v) is 13.1. The fourth-order valence-electron chi connectivity index (χ4n) is 6.54. The van der Waals surface area contributed by atoms with E-state index in [1.165, 1.54) is 18.2 Å². The van der Waals surface area contributed by atoms with Crippen LogP contribution in [0.4, 0.5) is 0 Å². The van der Waals surface area contributed by atoms with Crippen LogP contribution < -0.4 is 9.47 Å². The molecule has 2 aliphatic heterocycles. The van der Waals surface area contributed by atoms with Crippen LogP contribution in [0.1, 0.15) is 40.6 Å². The molecule has 2 unspecified atom stereocenters. The van der Waals surface area contributed by atoms with E-state index < -0.39 is 6.04 Å². The molecule has 0 radical (unpaired) electrons. The molecule has 6 rings (SSSR count). The van der Waals surface area contributed by atoms with Crippen LogP contribution in [-0.4, -0.2) is 55.2 Å². The van der Waals surface area contributed by atoms with Crippen molar-refractivity contribution in [3.8, 4) is 11.5 Å². The molecule has 1 amide bonds. The van der Waals surface area contributed by atoms with Crippen molar-refractivity contribution in [2.45, 2.75) is 37.4 Å². The van der Waals surface area contributed by atoms with Crippen LogP contribution in [0.2, 0.25) is 0 Å². The number of likely N-dealkylation sites (N-methyl/N-ethyl adjacent to an activating group) is 1. The van der Waals surface area contributed by atoms with Gasteiger partial charge in [-0.25, -0.2) is 4.79 Å². The summed E-state index contributed by atoms with van der Waals surface area (Å²) in [6, 6.07) is 23.4. The third-order valence-corrected chi connectivity index (χ3v) is 8.15. The minimum absolute atomic E-state index is 0.0871. The molecule has 0 bridgehead atoms. The smallest absolute Gasteiger partial charge is 0.328 e. The molecule has 3 aromatic rings. The first-order valence-electron chi connectivity index (χ1n) is 13.1. The molecule has 0 N–H and O–H groups in total. The average Bonchev–Trinajstić information content (AvgIpc) is 3.56. The summed E-state index contributed by atoms with van der Waals surface area (Å²) in [6.07, 6.45) is 1.39. The molecule has 1 saturated heterocycles. The van der Waals surface area contributed by atoms with Gasteiger partial charge in [-0.3, -0.25) is 9.69 Å². The van der Waals surface area contributed by atoms with Crippen LogP contribution in [0.15, 0.2) is 72.8 Å². The second-order valence-electron chi connectivity index (χ2n) is 10.5. The van der Waals surface area contributed by atoms with Crippen molar-refractivity contribution in [1.29, 1.82) is 0 Å². The third kappa shape index (κ3) is 4.41. The molecule has 38 heavy (non-hydrogen) atoms.